The Morgan fingerprint density at radius 2 is 1.83 bits per heavy atom. The Balaban J connectivity index is 1.60. The Morgan fingerprint density at radius 3 is 2.46 bits per heavy atom. The van der Waals surface area contributed by atoms with Crippen molar-refractivity contribution in [3.05, 3.63) is 70.7 Å². The van der Waals surface area contributed by atoms with Crippen molar-refractivity contribution in [3.8, 4) is 6.07 Å². The molecule has 184 valence electrons. The van der Waals surface area contributed by atoms with E-state index in [1.807, 2.05) is 30.3 Å². The third kappa shape index (κ3) is 6.04. The number of benzene rings is 2. The standard InChI is InChI=1S/C28H33ClN4O2/c29-24-13-11-23(12-14-24)26(34)32-17-25(22-9-5-2-6-10-22)27(35)33(18-21-7-3-1-4-8-21)28(19-30)15-16-31-20-28/h1,3-4,7-8,11-14,22,25,31H,2,5-6,9-10,15-18,20H2,(H,32,34). The monoisotopic (exact) mass is 492 g/mol. The normalized spacial score (nSPS) is 21.1. The van der Waals surface area contributed by atoms with E-state index in [9.17, 15) is 14.9 Å². The van der Waals surface area contributed by atoms with Gasteiger partial charge in [0.15, 0.2) is 0 Å². The molecule has 1 saturated heterocycles. The molecule has 2 unspecified atom stereocenters. The van der Waals surface area contributed by atoms with E-state index in [1.165, 1.54) is 6.42 Å². The van der Waals surface area contributed by atoms with E-state index in [-0.39, 0.29) is 30.2 Å². The van der Waals surface area contributed by atoms with Crippen LogP contribution in [0.25, 0.3) is 0 Å². The molecule has 0 bridgehead atoms. The highest BCUT2D eigenvalue weighted by molar-refractivity contribution is 6.30. The van der Waals surface area contributed by atoms with Gasteiger partial charge >= 0.3 is 0 Å². The summed E-state index contributed by atoms with van der Waals surface area (Å²) in [7, 11) is 0. The number of hydrogen-bond donors (Lipinski definition) is 2. The summed E-state index contributed by atoms with van der Waals surface area (Å²) in [6.45, 7) is 1.79. The van der Waals surface area contributed by atoms with E-state index >= 15 is 0 Å². The highest BCUT2D eigenvalue weighted by Crippen LogP contribution is 2.34. The molecular weight excluding hydrogens is 460 g/mol. The molecule has 1 saturated carbocycles. The number of amides is 2. The molecule has 2 amide bonds. The highest BCUT2D eigenvalue weighted by atomic mass is 35.5. The summed E-state index contributed by atoms with van der Waals surface area (Å²) in [4.78, 5) is 28.9. The Labute approximate surface area is 212 Å². The van der Waals surface area contributed by atoms with Gasteiger partial charge in [0.2, 0.25) is 5.91 Å². The maximum Gasteiger partial charge on any atom is 0.251 e. The smallest absolute Gasteiger partial charge is 0.251 e. The molecule has 0 spiro atoms. The molecule has 4 rings (SSSR count). The summed E-state index contributed by atoms with van der Waals surface area (Å²) < 4.78 is 0. The highest BCUT2D eigenvalue weighted by Gasteiger charge is 2.45. The summed E-state index contributed by atoms with van der Waals surface area (Å²) in [6, 6.07) is 19.1. The fourth-order valence-electron chi connectivity index (χ4n) is 5.37. The van der Waals surface area contributed by atoms with Crippen molar-refractivity contribution < 1.29 is 9.59 Å². The van der Waals surface area contributed by atoms with Crippen LogP contribution >= 0.6 is 11.6 Å². The third-order valence-electron chi connectivity index (χ3n) is 7.43. The quantitative estimate of drug-likeness (QED) is 0.566. The minimum absolute atomic E-state index is 0.0394. The molecule has 2 aromatic rings. The van der Waals surface area contributed by atoms with Crippen LogP contribution in [-0.2, 0) is 11.3 Å². The second kappa shape index (κ2) is 11.7. The molecule has 0 aromatic heterocycles. The third-order valence-corrected chi connectivity index (χ3v) is 7.68. The van der Waals surface area contributed by atoms with Crippen molar-refractivity contribution in [2.45, 2.75) is 50.6 Å². The second-order valence-electron chi connectivity index (χ2n) is 9.70. The summed E-state index contributed by atoms with van der Waals surface area (Å²) >= 11 is 5.96. The summed E-state index contributed by atoms with van der Waals surface area (Å²) in [5, 5.41) is 17.1. The van der Waals surface area contributed by atoms with E-state index in [1.54, 1.807) is 29.2 Å². The molecular formula is C28H33ClN4O2. The van der Waals surface area contributed by atoms with Crippen LogP contribution in [0.2, 0.25) is 5.02 Å². The van der Waals surface area contributed by atoms with Gasteiger partial charge in [0.05, 0.1) is 12.0 Å². The average Bonchev–Trinajstić information content (AvgIpc) is 3.39. The van der Waals surface area contributed by atoms with Crippen molar-refractivity contribution >= 4 is 23.4 Å². The first kappa shape index (κ1) is 25.2. The molecule has 1 heterocycles. The number of carbonyl (C=O) groups is 2. The van der Waals surface area contributed by atoms with E-state index in [4.69, 9.17) is 11.6 Å². The van der Waals surface area contributed by atoms with E-state index in [0.717, 1.165) is 31.2 Å². The van der Waals surface area contributed by atoms with Crippen LogP contribution in [-0.4, -0.2) is 41.9 Å². The zero-order valence-electron chi connectivity index (χ0n) is 20.0. The van der Waals surface area contributed by atoms with E-state index < -0.39 is 5.54 Å². The first-order chi connectivity index (χ1) is 17.0. The minimum atomic E-state index is -0.889. The van der Waals surface area contributed by atoms with Crippen LogP contribution in [0.3, 0.4) is 0 Å². The fourth-order valence-corrected chi connectivity index (χ4v) is 5.50. The van der Waals surface area contributed by atoms with Crippen LogP contribution in [0.1, 0.15) is 54.4 Å². The zero-order chi connectivity index (χ0) is 24.7. The lowest BCUT2D eigenvalue weighted by Gasteiger charge is -2.40. The number of nitrogens with zero attached hydrogens (tertiary/aromatic N) is 2. The minimum Gasteiger partial charge on any atom is -0.351 e. The Morgan fingerprint density at radius 1 is 1.11 bits per heavy atom. The maximum atomic E-state index is 14.3. The lowest BCUT2D eigenvalue weighted by Crippen LogP contribution is -2.56. The van der Waals surface area contributed by atoms with Crippen molar-refractivity contribution in [2.24, 2.45) is 11.8 Å². The molecule has 35 heavy (non-hydrogen) atoms. The van der Waals surface area contributed by atoms with Gasteiger partial charge in [-0.3, -0.25) is 9.59 Å². The summed E-state index contributed by atoms with van der Waals surface area (Å²) in [5.41, 5.74) is 0.619. The molecule has 6 nitrogen and oxygen atoms in total. The van der Waals surface area contributed by atoms with Crippen LogP contribution < -0.4 is 10.6 Å². The fraction of sp³-hybridized carbons (Fsp3) is 0.464. The van der Waals surface area contributed by atoms with Gasteiger partial charge in [-0.25, -0.2) is 0 Å². The molecule has 2 N–H and O–H groups in total. The SMILES string of the molecule is N#CC1(N(Cc2ccccc2)C(=O)C(CNC(=O)c2ccc(Cl)cc2)C2CCCCC2)CCNC1. The number of halogens is 1. The topological polar surface area (TPSA) is 85.2 Å². The largest absolute Gasteiger partial charge is 0.351 e. The predicted octanol–water partition coefficient (Wildman–Crippen LogP) is 4.55. The number of nitriles is 1. The van der Waals surface area contributed by atoms with Crippen molar-refractivity contribution in [3.63, 3.8) is 0 Å². The van der Waals surface area contributed by atoms with Gasteiger partial charge < -0.3 is 15.5 Å². The number of rotatable bonds is 8. The first-order valence-corrected chi connectivity index (χ1v) is 12.9. The van der Waals surface area contributed by atoms with Gasteiger partial charge in [0.25, 0.3) is 5.91 Å². The molecule has 2 aromatic carbocycles. The Kier molecular flexibility index (Phi) is 8.43. The maximum absolute atomic E-state index is 14.3. The van der Waals surface area contributed by atoms with Gasteiger partial charge in [-0.05, 0) is 61.6 Å². The van der Waals surface area contributed by atoms with E-state index in [0.29, 0.717) is 36.6 Å². The van der Waals surface area contributed by atoms with Crippen molar-refractivity contribution in [1.82, 2.24) is 15.5 Å². The average molecular weight is 493 g/mol. The Hall–Kier alpha value is -2.88. The number of hydrogen-bond acceptors (Lipinski definition) is 4. The van der Waals surface area contributed by atoms with E-state index in [2.05, 4.69) is 16.7 Å². The van der Waals surface area contributed by atoms with Crippen LogP contribution in [0.4, 0.5) is 0 Å². The number of nitrogens with one attached hydrogen (secondary N) is 2. The Bertz CT molecular complexity index is 1040. The van der Waals surface area contributed by atoms with Crippen LogP contribution in [0.15, 0.2) is 54.6 Å². The summed E-state index contributed by atoms with van der Waals surface area (Å²) in [6.07, 6.45) is 5.87. The molecule has 2 aliphatic rings. The molecule has 1 aliphatic carbocycles. The molecule has 2 fully saturated rings. The lowest BCUT2D eigenvalue weighted by molar-refractivity contribution is -0.142. The van der Waals surface area contributed by atoms with Gasteiger partial charge in [-0.15, -0.1) is 0 Å². The van der Waals surface area contributed by atoms with Crippen molar-refractivity contribution in [1.29, 1.82) is 5.26 Å². The molecule has 7 heteroatoms. The second-order valence-corrected chi connectivity index (χ2v) is 10.1. The lowest BCUT2D eigenvalue weighted by atomic mass is 9.78. The molecule has 0 radical (unpaired) electrons. The molecule has 1 aliphatic heterocycles. The zero-order valence-corrected chi connectivity index (χ0v) is 20.8. The van der Waals surface area contributed by atoms with Gasteiger partial charge in [-0.1, -0.05) is 61.2 Å². The van der Waals surface area contributed by atoms with Gasteiger partial charge in [0.1, 0.15) is 5.54 Å². The van der Waals surface area contributed by atoms with Crippen LogP contribution in [0, 0.1) is 23.2 Å². The first-order valence-electron chi connectivity index (χ1n) is 12.5. The summed E-state index contributed by atoms with van der Waals surface area (Å²) in [5.74, 6) is -0.448. The van der Waals surface area contributed by atoms with Gasteiger partial charge in [-0.2, -0.15) is 5.26 Å². The predicted molar refractivity (Wildman–Crippen MR) is 137 cm³/mol. The van der Waals surface area contributed by atoms with Crippen molar-refractivity contribution in [2.75, 3.05) is 19.6 Å². The van der Waals surface area contributed by atoms with Crippen LogP contribution in [0.5, 0.6) is 0 Å². The molecule has 2 atom stereocenters. The number of carbonyl (C=O) groups excluding carboxylic acids is 2. The van der Waals surface area contributed by atoms with Gasteiger partial charge in [0, 0.05) is 30.2 Å².